The Morgan fingerprint density at radius 2 is 2.00 bits per heavy atom. The van der Waals surface area contributed by atoms with E-state index in [1.165, 1.54) is 50.5 Å². The number of rotatable bonds is 18. The Morgan fingerprint density at radius 3 is 2.65 bits per heavy atom. The summed E-state index contributed by atoms with van der Waals surface area (Å²) in [4.78, 5) is 30.8. The van der Waals surface area contributed by atoms with Gasteiger partial charge in [0.15, 0.2) is 0 Å². The molecule has 1 heterocycles. The number of benzene rings is 1. The maximum Gasteiger partial charge on any atom is 0.251 e. The monoisotopic (exact) mass is 616 g/mol. The lowest BCUT2D eigenvalue weighted by Gasteiger charge is -2.19. The Hall–Kier alpha value is -3.04. The van der Waals surface area contributed by atoms with Gasteiger partial charge in [0.05, 0.1) is 12.3 Å². The van der Waals surface area contributed by atoms with Gasteiger partial charge in [0.2, 0.25) is 11.5 Å². The van der Waals surface area contributed by atoms with Gasteiger partial charge in [0.25, 0.3) is 5.91 Å². The molecule has 0 saturated carbocycles. The zero-order chi connectivity index (χ0) is 31.7. The quantitative estimate of drug-likeness (QED) is 0.0647. The Labute approximate surface area is 263 Å². The SMILES string of the molecule is CCCN(C)O/C(=C\Nc1cccc(C(=O)NCCCN2CCCCCC2)c1)S/C=C(\C)C#N.COCCC(C)NC=O. The number of carbonyl (C=O) groups is 2. The molecule has 11 heteroatoms. The number of methoxy groups -OCH3 is 1. The van der Waals surface area contributed by atoms with Crippen LogP contribution in [0.25, 0.3) is 0 Å². The topological polar surface area (TPSA) is 119 Å². The van der Waals surface area contributed by atoms with Gasteiger partial charge in [-0.15, -0.1) is 5.06 Å². The molecule has 0 aliphatic carbocycles. The van der Waals surface area contributed by atoms with Gasteiger partial charge in [-0.2, -0.15) is 5.26 Å². The molecule has 1 fully saturated rings. The lowest BCUT2D eigenvalue weighted by Crippen LogP contribution is -2.30. The first kappa shape index (κ1) is 38.0. The van der Waals surface area contributed by atoms with Gasteiger partial charge in [-0.1, -0.05) is 37.6 Å². The van der Waals surface area contributed by atoms with Crippen molar-refractivity contribution < 1.29 is 19.2 Å². The summed E-state index contributed by atoms with van der Waals surface area (Å²) in [7, 11) is 3.52. The van der Waals surface area contributed by atoms with E-state index in [0.717, 1.165) is 38.0 Å². The van der Waals surface area contributed by atoms with E-state index in [1.807, 2.05) is 38.2 Å². The maximum atomic E-state index is 12.6. The molecular formula is C32H52N6O4S. The number of nitriles is 1. The fourth-order valence-electron chi connectivity index (χ4n) is 4.12. The highest BCUT2D eigenvalue weighted by Gasteiger charge is 2.10. The third-order valence-electron chi connectivity index (χ3n) is 6.54. The first-order valence-corrected chi connectivity index (χ1v) is 16.1. The predicted octanol–water partition coefficient (Wildman–Crippen LogP) is 5.48. The van der Waals surface area contributed by atoms with Crippen LogP contribution in [0.1, 0.15) is 76.1 Å². The highest BCUT2D eigenvalue weighted by molar-refractivity contribution is 8.05. The molecule has 3 N–H and O–H groups in total. The number of anilines is 1. The molecule has 1 atom stereocenters. The second-order valence-electron chi connectivity index (χ2n) is 10.5. The minimum Gasteiger partial charge on any atom is -0.397 e. The van der Waals surface area contributed by atoms with Crippen molar-refractivity contribution in [1.29, 1.82) is 5.26 Å². The molecule has 1 aromatic carbocycles. The zero-order valence-corrected chi connectivity index (χ0v) is 27.5. The molecule has 1 aliphatic rings. The minimum atomic E-state index is -0.0652. The van der Waals surface area contributed by atoms with Crippen LogP contribution in [0.5, 0.6) is 0 Å². The van der Waals surface area contributed by atoms with E-state index in [-0.39, 0.29) is 11.9 Å². The smallest absolute Gasteiger partial charge is 0.251 e. The highest BCUT2D eigenvalue weighted by Crippen LogP contribution is 2.22. The molecule has 0 bridgehead atoms. The fourth-order valence-corrected chi connectivity index (χ4v) is 4.76. The number of hydroxylamine groups is 2. The van der Waals surface area contributed by atoms with Gasteiger partial charge >= 0.3 is 0 Å². The molecule has 240 valence electrons. The molecule has 1 unspecified atom stereocenters. The van der Waals surface area contributed by atoms with Gasteiger partial charge in [0.1, 0.15) is 0 Å². The van der Waals surface area contributed by atoms with Crippen LogP contribution in [0.4, 0.5) is 5.69 Å². The lowest BCUT2D eigenvalue weighted by atomic mass is 10.2. The molecule has 0 spiro atoms. The lowest BCUT2D eigenvalue weighted by molar-refractivity contribution is -0.110. The summed E-state index contributed by atoms with van der Waals surface area (Å²) in [6.45, 7) is 11.3. The number of hydrogen-bond acceptors (Lipinski definition) is 9. The summed E-state index contributed by atoms with van der Waals surface area (Å²) in [5.41, 5.74) is 2.01. The maximum absolute atomic E-state index is 12.6. The number of thioether (sulfide) groups is 1. The number of hydrogen-bond donors (Lipinski definition) is 3. The molecule has 0 radical (unpaired) electrons. The van der Waals surface area contributed by atoms with E-state index in [9.17, 15) is 9.59 Å². The fraction of sp³-hybridized carbons (Fsp3) is 0.594. The second-order valence-corrected chi connectivity index (χ2v) is 11.4. The van der Waals surface area contributed by atoms with Gasteiger partial charge < -0.3 is 30.4 Å². The van der Waals surface area contributed by atoms with Crippen molar-refractivity contribution in [2.45, 2.75) is 71.8 Å². The number of allylic oxidation sites excluding steroid dienone is 1. The number of carbonyl (C=O) groups excluding carboxylic acids is 2. The number of amides is 2. The average molecular weight is 617 g/mol. The van der Waals surface area contributed by atoms with Crippen molar-refractivity contribution in [2.24, 2.45) is 0 Å². The van der Waals surface area contributed by atoms with Crippen LogP contribution in [-0.4, -0.2) is 81.8 Å². The van der Waals surface area contributed by atoms with E-state index < -0.39 is 0 Å². The van der Waals surface area contributed by atoms with Crippen LogP contribution in [0.3, 0.4) is 0 Å². The molecule has 2 rings (SSSR count). The number of nitrogens with zero attached hydrogens (tertiary/aromatic N) is 3. The molecule has 2 amide bonds. The molecule has 1 aliphatic heterocycles. The van der Waals surface area contributed by atoms with Crippen molar-refractivity contribution in [3.8, 4) is 6.07 Å². The molecule has 1 saturated heterocycles. The Kier molecular flexibility index (Phi) is 21.6. The van der Waals surface area contributed by atoms with Gasteiger partial charge in [-0.05, 0) is 89.2 Å². The predicted molar refractivity (Wildman–Crippen MR) is 176 cm³/mol. The van der Waals surface area contributed by atoms with Gasteiger partial charge in [0, 0.05) is 56.7 Å². The van der Waals surface area contributed by atoms with Crippen molar-refractivity contribution in [1.82, 2.24) is 20.6 Å². The van der Waals surface area contributed by atoms with Crippen LogP contribution in [0, 0.1) is 11.3 Å². The minimum absolute atomic E-state index is 0.0652. The van der Waals surface area contributed by atoms with Crippen LogP contribution in [0.2, 0.25) is 0 Å². The van der Waals surface area contributed by atoms with E-state index in [0.29, 0.717) is 35.8 Å². The number of ether oxygens (including phenoxy) is 1. The first-order valence-electron chi connectivity index (χ1n) is 15.2. The standard InChI is InChI=1S/C26H39N5O2S.C6H13NO2/c1-4-14-30(3)33-25(34-21-22(2)19-27)20-29-24-12-9-11-23(18-24)26(32)28-13-10-17-31-15-7-5-6-8-16-31;1-6(7-5-8)3-4-9-2/h9,11-12,18,20-21,29H,4-8,10,13-17H2,1-3H3,(H,28,32);5-6H,3-4H2,1-2H3,(H,7,8)/b22-21+,25-20+;. The van der Waals surface area contributed by atoms with Crippen LogP contribution in [0.15, 0.2) is 46.5 Å². The number of nitrogens with one attached hydrogen (secondary N) is 3. The van der Waals surface area contributed by atoms with Crippen molar-refractivity contribution in [2.75, 3.05) is 58.8 Å². The average Bonchev–Trinajstić information content (AvgIpc) is 3.29. The van der Waals surface area contributed by atoms with Crippen molar-refractivity contribution in [3.63, 3.8) is 0 Å². The van der Waals surface area contributed by atoms with Gasteiger partial charge in [-0.3, -0.25) is 9.59 Å². The largest absolute Gasteiger partial charge is 0.397 e. The summed E-state index contributed by atoms with van der Waals surface area (Å²) in [5, 5.41) is 22.0. The van der Waals surface area contributed by atoms with Gasteiger partial charge in [-0.25, -0.2) is 0 Å². The van der Waals surface area contributed by atoms with Crippen LogP contribution in [-0.2, 0) is 14.4 Å². The second kappa shape index (κ2) is 24.4. The Balaban J connectivity index is 0.000000887. The highest BCUT2D eigenvalue weighted by atomic mass is 32.2. The Bertz CT molecular complexity index is 1020. The summed E-state index contributed by atoms with van der Waals surface area (Å²) < 4.78 is 4.80. The molecule has 1 aromatic rings. The van der Waals surface area contributed by atoms with Crippen LogP contribution < -0.4 is 16.0 Å². The number of likely N-dealkylation sites (tertiary alicyclic amines) is 1. The summed E-state index contributed by atoms with van der Waals surface area (Å²) in [6, 6.07) is 9.75. The van der Waals surface area contributed by atoms with E-state index >= 15 is 0 Å². The first-order chi connectivity index (χ1) is 20.8. The summed E-state index contributed by atoms with van der Waals surface area (Å²) in [5.74, 6) is -0.0652. The van der Waals surface area contributed by atoms with Crippen LogP contribution >= 0.6 is 11.8 Å². The Morgan fingerprint density at radius 1 is 1.26 bits per heavy atom. The third kappa shape index (κ3) is 19.0. The summed E-state index contributed by atoms with van der Waals surface area (Å²) >= 11 is 1.33. The molecule has 0 aromatic heterocycles. The normalized spacial score (nSPS) is 14.9. The van der Waals surface area contributed by atoms with E-state index in [2.05, 4.69) is 33.8 Å². The zero-order valence-electron chi connectivity index (χ0n) is 26.7. The molecule has 10 nitrogen and oxygen atoms in total. The van der Waals surface area contributed by atoms with Crippen molar-refractivity contribution in [3.05, 3.63) is 52.1 Å². The molecular weight excluding hydrogens is 564 g/mol. The molecule has 43 heavy (non-hydrogen) atoms. The van der Waals surface area contributed by atoms with E-state index in [4.69, 9.17) is 14.8 Å². The van der Waals surface area contributed by atoms with E-state index in [1.54, 1.807) is 30.7 Å². The third-order valence-corrected chi connectivity index (χ3v) is 7.43. The summed E-state index contributed by atoms with van der Waals surface area (Å²) in [6.07, 6.45) is 10.5. The van der Waals surface area contributed by atoms with Crippen molar-refractivity contribution >= 4 is 29.8 Å².